The average molecular weight is 322 g/mol. The smallest absolute Gasteiger partial charge is 0.335 e. The van der Waals surface area contributed by atoms with Crippen LogP contribution < -0.4 is 9.64 Å². The van der Waals surface area contributed by atoms with Gasteiger partial charge in [0.1, 0.15) is 5.75 Å². The van der Waals surface area contributed by atoms with Crippen molar-refractivity contribution in [3.63, 3.8) is 0 Å². The van der Waals surface area contributed by atoms with Gasteiger partial charge in [-0.05, 0) is 42.8 Å². The SMILES string of the molecule is CC1Oc2ccc(C(=O)O)cc2N(Cc2ccc(C#N)cc2)C1=O. The van der Waals surface area contributed by atoms with Crippen LogP contribution in [-0.2, 0) is 11.3 Å². The quantitative estimate of drug-likeness (QED) is 0.938. The molecule has 1 heterocycles. The van der Waals surface area contributed by atoms with E-state index in [0.717, 1.165) is 5.56 Å². The first-order valence-corrected chi connectivity index (χ1v) is 7.34. The Morgan fingerprint density at radius 3 is 2.62 bits per heavy atom. The summed E-state index contributed by atoms with van der Waals surface area (Å²) in [6, 6.07) is 13.4. The molecule has 0 aromatic heterocycles. The van der Waals surface area contributed by atoms with Gasteiger partial charge in [-0.25, -0.2) is 4.79 Å². The fraction of sp³-hybridized carbons (Fsp3) is 0.167. The molecule has 6 nitrogen and oxygen atoms in total. The predicted molar refractivity (Wildman–Crippen MR) is 85.8 cm³/mol. The van der Waals surface area contributed by atoms with E-state index in [1.54, 1.807) is 37.3 Å². The normalized spacial score (nSPS) is 16.1. The molecular weight excluding hydrogens is 308 g/mol. The van der Waals surface area contributed by atoms with Gasteiger partial charge in [0.05, 0.1) is 29.4 Å². The predicted octanol–water partition coefficient (Wildman–Crippen LogP) is 2.57. The molecular formula is C18H14N2O4. The van der Waals surface area contributed by atoms with Crippen LogP contribution in [-0.4, -0.2) is 23.1 Å². The summed E-state index contributed by atoms with van der Waals surface area (Å²) in [5, 5.41) is 18.0. The first kappa shape index (κ1) is 15.6. The van der Waals surface area contributed by atoms with Crippen molar-refractivity contribution >= 4 is 17.6 Å². The zero-order chi connectivity index (χ0) is 17.3. The number of carboxylic acids is 1. The van der Waals surface area contributed by atoms with Crippen LogP contribution >= 0.6 is 0 Å². The number of hydrogen-bond donors (Lipinski definition) is 1. The minimum absolute atomic E-state index is 0.0875. The molecule has 120 valence electrons. The molecule has 0 bridgehead atoms. The highest BCUT2D eigenvalue weighted by Crippen LogP contribution is 2.36. The lowest BCUT2D eigenvalue weighted by Crippen LogP contribution is -2.44. The number of carbonyl (C=O) groups excluding carboxylic acids is 1. The molecule has 0 saturated heterocycles. The molecule has 1 N–H and O–H groups in total. The van der Waals surface area contributed by atoms with E-state index in [9.17, 15) is 9.59 Å². The van der Waals surface area contributed by atoms with E-state index in [2.05, 4.69) is 0 Å². The van der Waals surface area contributed by atoms with E-state index in [1.165, 1.54) is 17.0 Å². The van der Waals surface area contributed by atoms with Crippen molar-refractivity contribution in [2.45, 2.75) is 19.6 Å². The second-order valence-electron chi connectivity index (χ2n) is 5.48. The van der Waals surface area contributed by atoms with E-state index >= 15 is 0 Å². The minimum Gasteiger partial charge on any atom is -0.479 e. The molecule has 0 radical (unpaired) electrons. The Kier molecular flexibility index (Phi) is 3.92. The lowest BCUT2D eigenvalue weighted by atomic mass is 10.1. The van der Waals surface area contributed by atoms with Crippen LogP contribution in [0, 0.1) is 11.3 Å². The van der Waals surface area contributed by atoms with Crippen LogP contribution in [0.5, 0.6) is 5.75 Å². The topological polar surface area (TPSA) is 90.6 Å². The van der Waals surface area contributed by atoms with Crippen LogP contribution in [0.25, 0.3) is 0 Å². The third kappa shape index (κ3) is 2.79. The summed E-state index contributed by atoms with van der Waals surface area (Å²) >= 11 is 0. The van der Waals surface area contributed by atoms with Crippen LogP contribution in [0.4, 0.5) is 5.69 Å². The Bertz CT molecular complexity index is 852. The van der Waals surface area contributed by atoms with E-state index in [1.807, 2.05) is 6.07 Å². The van der Waals surface area contributed by atoms with Crippen molar-refractivity contribution in [1.82, 2.24) is 0 Å². The summed E-state index contributed by atoms with van der Waals surface area (Å²) in [4.78, 5) is 25.2. The Labute approximate surface area is 138 Å². The van der Waals surface area contributed by atoms with E-state index in [-0.39, 0.29) is 18.0 Å². The number of aromatic carboxylic acids is 1. The minimum atomic E-state index is -1.07. The largest absolute Gasteiger partial charge is 0.479 e. The van der Waals surface area contributed by atoms with E-state index in [4.69, 9.17) is 15.1 Å². The Morgan fingerprint density at radius 1 is 1.29 bits per heavy atom. The lowest BCUT2D eigenvalue weighted by molar-refractivity contribution is -0.125. The first-order valence-electron chi connectivity index (χ1n) is 7.34. The highest BCUT2D eigenvalue weighted by molar-refractivity contribution is 6.01. The van der Waals surface area contributed by atoms with Crippen LogP contribution in [0.2, 0.25) is 0 Å². The molecule has 2 aromatic carbocycles. The van der Waals surface area contributed by atoms with Gasteiger partial charge in [-0.1, -0.05) is 12.1 Å². The molecule has 0 aliphatic carbocycles. The van der Waals surface area contributed by atoms with Crippen molar-refractivity contribution in [2.75, 3.05) is 4.90 Å². The molecule has 24 heavy (non-hydrogen) atoms. The Morgan fingerprint density at radius 2 is 2.00 bits per heavy atom. The number of rotatable bonds is 3. The van der Waals surface area contributed by atoms with Crippen molar-refractivity contribution in [2.24, 2.45) is 0 Å². The molecule has 0 spiro atoms. The molecule has 3 rings (SSSR count). The molecule has 1 amide bonds. The highest BCUT2D eigenvalue weighted by atomic mass is 16.5. The average Bonchev–Trinajstić information content (AvgIpc) is 2.59. The molecule has 0 saturated carbocycles. The van der Waals surface area contributed by atoms with Crippen molar-refractivity contribution in [3.05, 3.63) is 59.2 Å². The summed E-state index contributed by atoms with van der Waals surface area (Å²) in [7, 11) is 0. The Balaban J connectivity index is 1.99. The lowest BCUT2D eigenvalue weighted by Gasteiger charge is -2.33. The number of carbonyl (C=O) groups is 2. The Hall–Kier alpha value is -3.33. The van der Waals surface area contributed by atoms with Crippen molar-refractivity contribution < 1.29 is 19.4 Å². The summed E-state index contributed by atoms with van der Waals surface area (Å²) in [6.45, 7) is 1.93. The first-order chi connectivity index (χ1) is 11.5. The highest BCUT2D eigenvalue weighted by Gasteiger charge is 2.32. The number of hydrogen-bond acceptors (Lipinski definition) is 4. The number of anilines is 1. The van der Waals surface area contributed by atoms with Gasteiger partial charge in [-0.2, -0.15) is 5.26 Å². The van der Waals surface area contributed by atoms with Crippen LogP contribution in [0.3, 0.4) is 0 Å². The molecule has 1 aliphatic heterocycles. The number of ether oxygens (including phenoxy) is 1. The number of benzene rings is 2. The number of fused-ring (bicyclic) bond motifs is 1. The van der Waals surface area contributed by atoms with Crippen LogP contribution in [0.15, 0.2) is 42.5 Å². The van der Waals surface area contributed by atoms with Gasteiger partial charge in [0.2, 0.25) is 0 Å². The zero-order valence-electron chi connectivity index (χ0n) is 12.9. The van der Waals surface area contributed by atoms with E-state index < -0.39 is 12.1 Å². The molecule has 0 fully saturated rings. The maximum Gasteiger partial charge on any atom is 0.335 e. The fourth-order valence-corrected chi connectivity index (χ4v) is 2.57. The van der Waals surface area contributed by atoms with Gasteiger partial charge in [-0.3, -0.25) is 4.79 Å². The number of amides is 1. The molecule has 2 aromatic rings. The number of carboxylic acid groups (broad SMARTS) is 1. The van der Waals surface area contributed by atoms with Gasteiger partial charge >= 0.3 is 5.97 Å². The maximum absolute atomic E-state index is 12.5. The number of nitriles is 1. The van der Waals surface area contributed by atoms with Crippen molar-refractivity contribution in [1.29, 1.82) is 5.26 Å². The summed E-state index contributed by atoms with van der Waals surface area (Å²) in [6.07, 6.45) is -0.647. The monoisotopic (exact) mass is 322 g/mol. The third-order valence-electron chi connectivity index (χ3n) is 3.84. The third-order valence-corrected chi connectivity index (χ3v) is 3.84. The molecule has 1 aliphatic rings. The fourth-order valence-electron chi connectivity index (χ4n) is 2.57. The summed E-state index contributed by atoms with van der Waals surface area (Å²) < 4.78 is 5.56. The number of nitrogens with zero attached hydrogens (tertiary/aromatic N) is 2. The van der Waals surface area contributed by atoms with Gasteiger partial charge in [0.25, 0.3) is 5.91 Å². The van der Waals surface area contributed by atoms with Gasteiger partial charge in [-0.15, -0.1) is 0 Å². The molecule has 6 heteroatoms. The second-order valence-corrected chi connectivity index (χ2v) is 5.48. The second kappa shape index (κ2) is 6.05. The van der Waals surface area contributed by atoms with Gasteiger partial charge in [0.15, 0.2) is 6.10 Å². The zero-order valence-corrected chi connectivity index (χ0v) is 12.9. The summed E-state index contributed by atoms with van der Waals surface area (Å²) in [5.41, 5.74) is 1.89. The van der Waals surface area contributed by atoms with Gasteiger partial charge in [0, 0.05) is 0 Å². The standard InChI is InChI=1S/C18H14N2O4/c1-11-17(21)20(10-13-4-2-12(9-19)3-5-13)15-8-14(18(22)23)6-7-16(15)24-11/h2-8,11H,10H2,1H3,(H,22,23). The van der Waals surface area contributed by atoms with Crippen molar-refractivity contribution in [3.8, 4) is 11.8 Å². The molecule has 1 unspecified atom stereocenters. The molecule has 1 atom stereocenters. The summed E-state index contributed by atoms with van der Waals surface area (Å²) in [5.74, 6) is -0.836. The van der Waals surface area contributed by atoms with Crippen LogP contribution in [0.1, 0.15) is 28.4 Å². The van der Waals surface area contributed by atoms with E-state index in [0.29, 0.717) is 17.0 Å². The van der Waals surface area contributed by atoms with Gasteiger partial charge < -0.3 is 14.7 Å². The maximum atomic E-state index is 12.5.